The smallest absolute Gasteiger partial charge is 0.186 e. The molecule has 5 nitrogen and oxygen atoms in total. The highest BCUT2D eigenvalue weighted by atomic mass is 35.5. The van der Waals surface area contributed by atoms with Crippen molar-refractivity contribution in [2.75, 3.05) is 25.1 Å². The van der Waals surface area contributed by atoms with Crippen LogP contribution in [0.25, 0.3) is 10.2 Å². The van der Waals surface area contributed by atoms with E-state index in [0.29, 0.717) is 5.92 Å². The largest absolute Gasteiger partial charge is 0.494 e. The first-order valence-corrected chi connectivity index (χ1v) is 8.71. The Hall–Kier alpha value is -1.79. The highest BCUT2D eigenvalue weighted by molar-refractivity contribution is 7.22. The minimum absolute atomic E-state index is 0.632. The Morgan fingerprint density at radius 2 is 2.22 bits per heavy atom. The predicted molar refractivity (Wildman–Crippen MR) is 93.8 cm³/mol. The van der Waals surface area contributed by atoms with Crippen molar-refractivity contribution in [3.05, 3.63) is 35.4 Å². The summed E-state index contributed by atoms with van der Waals surface area (Å²) in [6.45, 7) is 5.07. The van der Waals surface area contributed by atoms with Crippen LogP contribution in [0.2, 0.25) is 5.02 Å². The molecule has 0 saturated carbocycles. The summed E-state index contributed by atoms with van der Waals surface area (Å²) in [7, 11) is 1.66. The van der Waals surface area contributed by atoms with Gasteiger partial charge in [-0.3, -0.25) is 0 Å². The monoisotopic (exact) mass is 348 g/mol. The van der Waals surface area contributed by atoms with Crippen molar-refractivity contribution in [2.45, 2.75) is 13.5 Å². The van der Waals surface area contributed by atoms with Crippen LogP contribution in [0.3, 0.4) is 0 Å². The number of ether oxygens (including phenoxy) is 1. The molecule has 23 heavy (non-hydrogen) atoms. The van der Waals surface area contributed by atoms with Crippen LogP contribution >= 0.6 is 22.9 Å². The second kappa shape index (κ2) is 5.69. The summed E-state index contributed by atoms with van der Waals surface area (Å²) in [6, 6.07) is 3.74. The first-order chi connectivity index (χ1) is 11.2. The summed E-state index contributed by atoms with van der Waals surface area (Å²) in [4.78, 5) is 11.3. The number of aromatic nitrogens is 3. The third-order valence-electron chi connectivity index (χ3n) is 4.27. The fourth-order valence-electron chi connectivity index (χ4n) is 2.96. The van der Waals surface area contributed by atoms with Gasteiger partial charge in [-0.1, -0.05) is 22.9 Å². The van der Waals surface area contributed by atoms with E-state index in [9.17, 15) is 0 Å². The minimum Gasteiger partial charge on any atom is -0.494 e. The van der Waals surface area contributed by atoms with Gasteiger partial charge in [0.05, 0.1) is 16.8 Å². The molecule has 7 heteroatoms. The Bertz CT molecular complexity index is 853. The van der Waals surface area contributed by atoms with E-state index < -0.39 is 0 Å². The van der Waals surface area contributed by atoms with Crippen molar-refractivity contribution >= 4 is 38.3 Å². The molecular weight excluding hydrogens is 332 g/mol. The van der Waals surface area contributed by atoms with Gasteiger partial charge >= 0.3 is 0 Å². The van der Waals surface area contributed by atoms with Gasteiger partial charge in [0.15, 0.2) is 5.13 Å². The second-order valence-electron chi connectivity index (χ2n) is 5.82. The van der Waals surface area contributed by atoms with Crippen LogP contribution < -0.4 is 9.64 Å². The number of halogens is 1. The first kappa shape index (κ1) is 14.8. The van der Waals surface area contributed by atoms with E-state index in [4.69, 9.17) is 21.3 Å². The van der Waals surface area contributed by atoms with E-state index in [1.54, 1.807) is 18.4 Å². The number of nitrogens with zero attached hydrogens (tertiary/aromatic N) is 4. The summed E-state index contributed by atoms with van der Waals surface area (Å²) in [5, 5.41) is 1.75. The normalized spacial score (nSPS) is 15.2. The summed E-state index contributed by atoms with van der Waals surface area (Å²) < 4.78 is 8.59. The number of hydrogen-bond acceptors (Lipinski definition) is 5. The molecule has 0 spiro atoms. The Kier molecular flexibility index (Phi) is 3.66. The van der Waals surface area contributed by atoms with Crippen LogP contribution in [0.15, 0.2) is 24.5 Å². The first-order valence-electron chi connectivity index (χ1n) is 7.51. The highest BCUT2D eigenvalue weighted by Crippen LogP contribution is 2.40. The number of hydrogen-bond donors (Lipinski definition) is 0. The number of methoxy groups -OCH3 is 1. The van der Waals surface area contributed by atoms with Gasteiger partial charge in [-0.15, -0.1) is 0 Å². The molecule has 0 aliphatic carbocycles. The van der Waals surface area contributed by atoms with Crippen LogP contribution in [-0.2, 0) is 6.54 Å². The van der Waals surface area contributed by atoms with Crippen molar-refractivity contribution in [2.24, 2.45) is 5.92 Å². The quantitative estimate of drug-likeness (QED) is 0.722. The van der Waals surface area contributed by atoms with E-state index >= 15 is 0 Å². The number of anilines is 1. The van der Waals surface area contributed by atoms with E-state index in [0.717, 1.165) is 51.6 Å². The summed E-state index contributed by atoms with van der Waals surface area (Å²) in [5.41, 5.74) is 0.855. The van der Waals surface area contributed by atoms with E-state index in [1.165, 1.54) is 0 Å². The highest BCUT2D eigenvalue weighted by Gasteiger charge is 2.30. The number of aryl methyl sites for hydroxylation is 1. The van der Waals surface area contributed by atoms with Crippen LogP contribution in [0.4, 0.5) is 5.13 Å². The lowest BCUT2D eigenvalue weighted by molar-refractivity contribution is 0.354. The Balaban J connectivity index is 1.51. The van der Waals surface area contributed by atoms with Crippen LogP contribution in [0.5, 0.6) is 5.75 Å². The molecule has 1 aliphatic heterocycles. The topological polar surface area (TPSA) is 43.2 Å². The molecule has 0 unspecified atom stereocenters. The molecule has 0 radical (unpaired) electrons. The number of fused-ring (bicyclic) bond motifs is 1. The van der Waals surface area contributed by atoms with Crippen molar-refractivity contribution in [3.8, 4) is 5.75 Å². The maximum atomic E-state index is 6.29. The van der Waals surface area contributed by atoms with Crippen molar-refractivity contribution in [3.63, 3.8) is 0 Å². The lowest BCUT2D eigenvalue weighted by atomic mass is 10.0. The predicted octanol–water partition coefficient (Wildman–Crippen LogP) is 3.60. The molecule has 1 aliphatic rings. The Morgan fingerprint density at radius 1 is 1.39 bits per heavy atom. The molecule has 1 fully saturated rings. The van der Waals surface area contributed by atoms with Crippen molar-refractivity contribution < 1.29 is 4.74 Å². The van der Waals surface area contributed by atoms with Gasteiger partial charge in [-0.25, -0.2) is 9.97 Å². The molecular formula is C16H17ClN4OS. The van der Waals surface area contributed by atoms with Crippen LogP contribution in [0.1, 0.15) is 5.82 Å². The molecule has 0 atom stereocenters. The number of imidazole rings is 1. The summed E-state index contributed by atoms with van der Waals surface area (Å²) in [5.74, 6) is 2.48. The number of thiazole rings is 1. The average Bonchev–Trinajstić information content (AvgIpc) is 3.10. The zero-order valence-corrected chi connectivity index (χ0v) is 14.6. The lowest BCUT2D eigenvalue weighted by Gasteiger charge is -2.39. The molecule has 0 bridgehead atoms. The minimum atomic E-state index is 0.632. The van der Waals surface area contributed by atoms with Gasteiger partial charge in [-0.2, -0.15) is 0 Å². The third-order valence-corrected chi connectivity index (χ3v) is 5.85. The van der Waals surface area contributed by atoms with Crippen LogP contribution in [0, 0.1) is 12.8 Å². The second-order valence-corrected chi connectivity index (χ2v) is 7.21. The summed E-state index contributed by atoms with van der Waals surface area (Å²) >= 11 is 7.93. The maximum absolute atomic E-state index is 6.29. The van der Waals surface area contributed by atoms with Gasteiger partial charge < -0.3 is 14.2 Å². The molecule has 1 saturated heterocycles. The zero-order chi connectivity index (χ0) is 16.0. The van der Waals surface area contributed by atoms with Gasteiger partial charge in [0.1, 0.15) is 17.1 Å². The van der Waals surface area contributed by atoms with E-state index in [2.05, 4.69) is 14.5 Å². The van der Waals surface area contributed by atoms with Gasteiger partial charge in [0.25, 0.3) is 0 Å². The van der Waals surface area contributed by atoms with Gasteiger partial charge in [0, 0.05) is 37.9 Å². The van der Waals surface area contributed by atoms with Crippen LogP contribution in [-0.4, -0.2) is 34.7 Å². The average molecular weight is 349 g/mol. The molecule has 3 heterocycles. The van der Waals surface area contributed by atoms with Gasteiger partial charge in [0.2, 0.25) is 0 Å². The molecule has 2 aromatic heterocycles. The standard InChI is InChI=1S/C16H17ClN4OS/c1-10-18-5-6-20(10)7-11-8-21(9-11)16-19-14-13(22-2)4-3-12(17)15(14)23-16/h3-6,11H,7-9H2,1-2H3. The fraction of sp³-hybridized carbons (Fsp3) is 0.375. The maximum Gasteiger partial charge on any atom is 0.186 e. The number of rotatable bonds is 4. The molecule has 1 aromatic carbocycles. The van der Waals surface area contributed by atoms with E-state index in [1.807, 2.05) is 31.5 Å². The van der Waals surface area contributed by atoms with Gasteiger partial charge in [-0.05, 0) is 19.1 Å². The molecule has 0 amide bonds. The third kappa shape index (κ3) is 2.56. The number of benzene rings is 1. The molecule has 120 valence electrons. The van der Waals surface area contributed by atoms with Crippen molar-refractivity contribution in [1.29, 1.82) is 0 Å². The van der Waals surface area contributed by atoms with Crippen molar-refractivity contribution in [1.82, 2.24) is 14.5 Å². The Labute approximate surface area is 143 Å². The lowest BCUT2D eigenvalue weighted by Crippen LogP contribution is -2.48. The Morgan fingerprint density at radius 3 is 2.91 bits per heavy atom. The molecule has 3 aromatic rings. The summed E-state index contributed by atoms with van der Waals surface area (Å²) in [6.07, 6.45) is 3.90. The SMILES string of the molecule is COc1ccc(Cl)c2sc(N3CC(Cn4ccnc4C)C3)nc12. The molecule has 0 N–H and O–H groups in total. The molecule has 4 rings (SSSR count). The zero-order valence-electron chi connectivity index (χ0n) is 13.0. The fourth-order valence-corrected chi connectivity index (χ4v) is 4.23. The van der Waals surface area contributed by atoms with E-state index in [-0.39, 0.29) is 0 Å².